The van der Waals surface area contributed by atoms with Crippen LogP contribution in [0.1, 0.15) is 25.3 Å². The Hall–Kier alpha value is -1.57. The van der Waals surface area contributed by atoms with Gasteiger partial charge in [-0.3, -0.25) is 0 Å². The molecule has 0 saturated heterocycles. The molecule has 0 bridgehead atoms. The smallest absolute Gasteiger partial charge is 0.177 e. The van der Waals surface area contributed by atoms with Crippen LogP contribution in [0.4, 0.5) is 5.69 Å². The second-order valence-corrected chi connectivity index (χ2v) is 11.3. The van der Waals surface area contributed by atoms with E-state index in [1.165, 1.54) is 12.1 Å². The maximum atomic E-state index is 12.3. The van der Waals surface area contributed by atoms with Crippen molar-refractivity contribution < 1.29 is 16.8 Å². The van der Waals surface area contributed by atoms with E-state index in [0.29, 0.717) is 10.7 Å². The van der Waals surface area contributed by atoms with E-state index in [2.05, 4.69) is 6.92 Å². The molecule has 148 valence electrons. The summed E-state index contributed by atoms with van der Waals surface area (Å²) in [5.41, 5.74) is 1.55. The number of sulfone groups is 2. The van der Waals surface area contributed by atoms with Crippen molar-refractivity contribution in [2.45, 2.75) is 35.6 Å². The van der Waals surface area contributed by atoms with E-state index in [-0.39, 0.29) is 21.8 Å². The van der Waals surface area contributed by atoms with Crippen molar-refractivity contribution >= 4 is 37.0 Å². The average molecular weight is 430 g/mol. The normalized spacial score (nSPS) is 14.6. The highest BCUT2D eigenvalue weighted by atomic mass is 35.5. The van der Waals surface area contributed by atoms with Crippen molar-refractivity contribution in [2.24, 2.45) is 0 Å². The second-order valence-electron chi connectivity index (χ2n) is 6.87. The fourth-order valence-electron chi connectivity index (χ4n) is 2.91. The summed E-state index contributed by atoms with van der Waals surface area (Å²) in [6.45, 7) is 4.05. The fraction of sp³-hybridized carbons (Fsp3) is 0.368. The van der Waals surface area contributed by atoms with Gasteiger partial charge in [0.15, 0.2) is 19.7 Å². The molecule has 0 saturated carbocycles. The molecule has 2 aromatic carbocycles. The summed E-state index contributed by atoms with van der Waals surface area (Å²) in [6, 6.07) is 11.7. The van der Waals surface area contributed by atoms with Crippen molar-refractivity contribution in [1.82, 2.24) is 0 Å². The van der Waals surface area contributed by atoms with Gasteiger partial charge in [-0.25, -0.2) is 16.8 Å². The Morgan fingerprint density at radius 2 is 1.44 bits per heavy atom. The highest BCUT2D eigenvalue weighted by Crippen LogP contribution is 2.32. The highest BCUT2D eigenvalue weighted by molar-refractivity contribution is 7.91. The lowest BCUT2D eigenvalue weighted by molar-refractivity contribution is 0.573. The predicted molar refractivity (Wildman–Crippen MR) is 110 cm³/mol. The molecule has 0 aliphatic rings. The Bertz CT molecular complexity index is 1030. The van der Waals surface area contributed by atoms with E-state index >= 15 is 0 Å². The first kappa shape index (κ1) is 21.7. The van der Waals surface area contributed by atoms with Gasteiger partial charge in [0.05, 0.1) is 15.5 Å². The maximum Gasteiger partial charge on any atom is 0.177 e. The van der Waals surface area contributed by atoms with Crippen LogP contribution in [0, 0.1) is 0 Å². The van der Waals surface area contributed by atoms with Gasteiger partial charge in [-0.1, -0.05) is 30.7 Å². The quantitative estimate of drug-likeness (QED) is 0.698. The molecule has 0 aliphatic heterocycles. The van der Waals surface area contributed by atoms with E-state index in [1.807, 2.05) is 36.1 Å². The highest BCUT2D eigenvalue weighted by Gasteiger charge is 2.25. The first-order valence-corrected chi connectivity index (χ1v) is 12.5. The average Bonchev–Trinajstić information content (AvgIpc) is 2.58. The van der Waals surface area contributed by atoms with Gasteiger partial charge in [-0.15, -0.1) is 0 Å². The van der Waals surface area contributed by atoms with Gasteiger partial charge in [0.2, 0.25) is 0 Å². The molecule has 0 heterocycles. The van der Waals surface area contributed by atoms with Crippen molar-refractivity contribution in [3.8, 4) is 0 Å². The zero-order valence-electron chi connectivity index (χ0n) is 16.0. The molecule has 8 heteroatoms. The third kappa shape index (κ3) is 5.03. The van der Waals surface area contributed by atoms with Crippen molar-refractivity contribution in [3.63, 3.8) is 0 Å². The monoisotopic (exact) mass is 429 g/mol. The molecule has 0 spiro atoms. The summed E-state index contributed by atoms with van der Waals surface area (Å²) in [7, 11) is -5.31. The molecule has 0 radical (unpaired) electrons. The summed E-state index contributed by atoms with van der Waals surface area (Å²) >= 11 is 5.95. The number of likely N-dealkylation sites (N-methyl/N-ethyl adjacent to an activating group) is 1. The van der Waals surface area contributed by atoms with Gasteiger partial charge in [0.25, 0.3) is 0 Å². The third-order valence-electron chi connectivity index (χ3n) is 4.87. The largest absolute Gasteiger partial charge is 0.370 e. The SMILES string of the molecule is C[C@H](c1ccc(Cl)cc1)[C@H](C)N(C)c1ccc(S(C)(=O)=O)cc1S(C)(=O)=O. The Balaban J connectivity index is 2.48. The first-order chi connectivity index (χ1) is 12.3. The van der Waals surface area contributed by atoms with Crippen molar-refractivity contribution in [3.05, 3.63) is 53.1 Å². The van der Waals surface area contributed by atoms with Gasteiger partial charge in [-0.2, -0.15) is 0 Å². The molecule has 0 N–H and O–H groups in total. The Kier molecular flexibility index (Phi) is 6.29. The Morgan fingerprint density at radius 1 is 0.889 bits per heavy atom. The number of anilines is 1. The molecule has 0 aliphatic carbocycles. The van der Waals surface area contributed by atoms with E-state index in [4.69, 9.17) is 11.6 Å². The van der Waals surface area contributed by atoms with Crippen molar-refractivity contribution in [1.29, 1.82) is 0 Å². The summed E-state index contributed by atoms with van der Waals surface area (Å²) < 4.78 is 48.3. The summed E-state index contributed by atoms with van der Waals surface area (Å²) in [4.78, 5) is 1.85. The molecule has 2 rings (SSSR count). The van der Waals surface area contributed by atoms with Gasteiger partial charge in [0, 0.05) is 36.5 Å². The van der Waals surface area contributed by atoms with E-state index in [1.54, 1.807) is 13.1 Å². The molecular formula is C19H24ClNO4S2. The Morgan fingerprint density at radius 3 is 1.93 bits per heavy atom. The van der Waals surface area contributed by atoms with Crippen LogP contribution in [0.3, 0.4) is 0 Å². The minimum absolute atomic E-state index is 0.00285. The molecule has 27 heavy (non-hydrogen) atoms. The van der Waals surface area contributed by atoms with Crippen LogP contribution in [0.2, 0.25) is 5.02 Å². The summed E-state index contributed by atoms with van der Waals surface area (Å²) in [5.74, 6) is 0.0919. The van der Waals surface area contributed by atoms with E-state index in [0.717, 1.165) is 18.1 Å². The topological polar surface area (TPSA) is 71.5 Å². The molecule has 2 aromatic rings. The standard InChI is InChI=1S/C19H24ClNO4S2/c1-13(15-6-8-16(20)9-7-15)14(2)21(3)18-11-10-17(26(4,22)23)12-19(18)27(5,24)25/h6-14H,1-5H3/t13-,14-/m0/s1. The lowest BCUT2D eigenvalue weighted by Gasteiger charge is -2.33. The summed E-state index contributed by atoms with van der Waals surface area (Å²) in [5, 5.41) is 0.655. The van der Waals surface area contributed by atoms with Gasteiger partial charge in [0.1, 0.15) is 0 Å². The number of halogens is 1. The van der Waals surface area contributed by atoms with Crippen LogP contribution in [0.25, 0.3) is 0 Å². The lowest BCUT2D eigenvalue weighted by atomic mass is 9.93. The Labute approximate surface area is 166 Å². The molecule has 5 nitrogen and oxygen atoms in total. The first-order valence-electron chi connectivity index (χ1n) is 8.35. The lowest BCUT2D eigenvalue weighted by Crippen LogP contribution is -2.34. The second kappa shape index (κ2) is 7.81. The van der Waals surface area contributed by atoms with Crippen molar-refractivity contribution in [2.75, 3.05) is 24.5 Å². The number of benzene rings is 2. The molecule has 0 fully saturated rings. The van der Waals surface area contributed by atoms with E-state index in [9.17, 15) is 16.8 Å². The molecule has 2 atom stereocenters. The zero-order valence-corrected chi connectivity index (χ0v) is 18.4. The van der Waals surface area contributed by atoms with E-state index < -0.39 is 19.7 Å². The van der Waals surface area contributed by atoms with Crippen LogP contribution >= 0.6 is 11.6 Å². The number of hydrogen-bond acceptors (Lipinski definition) is 5. The van der Waals surface area contributed by atoms with Gasteiger partial charge < -0.3 is 4.90 Å². The minimum Gasteiger partial charge on any atom is -0.370 e. The fourth-order valence-corrected chi connectivity index (χ4v) is 4.69. The van der Waals surface area contributed by atoms with Crippen LogP contribution < -0.4 is 4.90 Å². The van der Waals surface area contributed by atoms with Crippen LogP contribution in [-0.2, 0) is 19.7 Å². The van der Waals surface area contributed by atoms with Gasteiger partial charge in [-0.05, 0) is 42.8 Å². The minimum atomic E-state index is -3.61. The number of rotatable bonds is 6. The van der Waals surface area contributed by atoms with Crippen LogP contribution in [-0.4, -0.2) is 42.4 Å². The molecule has 0 aromatic heterocycles. The molecular weight excluding hydrogens is 406 g/mol. The number of hydrogen-bond donors (Lipinski definition) is 0. The predicted octanol–water partition coefficient (Wildman–Crippen LogP) is 3.78. The molecule has 0 unspecified atom stereocenters. The van der Waals surface area contributed by atoms with Crippen LogP contribution in [0.5, 0.6) is 0 Å². The zero-order chi connectivity index (χ0) is 20.6. The third-order valence-corrected chi connectivity index (χ3v) is 7.36. The van der Waals surface area contributed by atoms with Gasteiger partial charge >= 0.3 is 0 Å². The number of nitrogens with zero attached hydrogens (tertiary/aromatic N) is 1. The van der Waals surface area contributed by atoms with Crippen LogP contribution in [0.15, 0.2) is 52.3 Å². The summed E-state index contributed by atoms with van der Waals surface area (Å²) in [6.07, 6.45) is 2.14. The maximum absolute atomic E-state index is 12.3. The molecule has 0 amide bonds.